The second-order valence-corrected chi connectivity index (χ2v) is 4.75. The number of hydrogen-bond acceptors (Lipinski definition) is 8. The first-order valence-electron chi connectivity index (χ1n) is 6.67. The van der Waals surface area contributed by atoms with Crippen LogP contribution in [-0.4, -0.2) is 43.8 Å². The first-order valence-corrected chi connectivity index (χ1v) is 6.67. The molecule has 1 saturated heterocycles. The Balaban J connectivity index is 1.44. The molecule has 0 saturated carbocycles. The van der Waals surface area contributed by atoms with Gasteiger partial charge in [0, 0.05) is 13.1 Å². The summed E-state index contributed by atoms with van der Waals surface area (Å²) in [5, 5.41) is 14.2. The summed E-state index contributed by atoms with van der Waals surface area (Å²) in [6.45, 7) is 1.49. The van der Waals surface area contributed by atoms with Crippen LogP contribution in [0, 0.1) is 0 Å². The van der Waals surface area contributed by atoms with Crippen molar-refractivity contribution in [2.75, 3.05) is 18.4 Å². The van der Waals surface area contributed by atoms with Crippen molar-refractivity contribution >= 4 is 11.7 Å². The molecule has 0 spiro atoms. The Hall–Kier alpha value is -2.52. The van der Waals surface area contributed by atoms with Crippen molar-refractivity contribution in [1.29, 1.82) is 0 Å². The number of nitrogens with zero attached hydrogens (tertiary/aromatic N) is 5. The van der Waals surface area contributed by atoms with Gasteiger partial charge in [-0.2, -0.15) is 19.6 Å². The Bertz CT molecular complexity index is 716. The van der Waals surface area contributed by atoms with E-state index in [-0.39, 0.29) is 12.2 Å². The molecule has 2 unspecified atom stereocenters. The predicted molar refractivity (Wildman–Crippen MR) is 73.4 cm³/mol. The maximum Gasteiger partial charge on any atom is 0.256 e. The molecule has 3 aromatic heterocycles. The normalized spacial score (nSPS) is 22.5. The van der Waals surface area contributed by atoms with E-state index < -0.39 is 0 Å². The van der Waals surface area contributed by atoms with Crippen LogP contribution in [0.2, 0.25) is 0 Å². The van der Waals surface area contributed by atoms with E-state index in [1.54, 1.807) is 10.8 Å². The maximum absolute atomic E-state index is 5.41. The molecule has 9 heteroatoms. The van der Waals surface area contributed by atoms with Gasteiger partial charge in [0.2, 0.25) is 5.95 Å². The van der Waals surface area contributed by atoms with Crippen LogP contribution in [0.15, 0.2) is 35.5 Å². The highest BCUT2D eigenvalue weighted by molar-refractivity contribution is 5.36. The number of aromatic nitrogens is 5. The van der Waals surface area contributed by atoms with Crippen LogP contribution in [0.3, 0.4) is 0 Å². The van der Waals surface area contributed by atoms with Gasteiger partial charge in [-0.05, 0) is 12.1 Å². The first kappa shape index (κ1) is 12.2. The van der Waals surface area contributed by atoms with E-state index in [0.29, 0.717) is 11.7 Å². The minimum Gasteiger partial charge on any atom is -0.468 e. The molecular formula is C12H14N8O. The van der Waals surface area contributed by atoms with Crippen molar-refractivity contribution < 1.29 is 4.42 Å². The van der Waals surface area contributed by atoms with E-state index >= 15 is 0 Å². The summed E-state index contributed by atoms with van der Waals surface area (Å²) in [6, 6.07) is 4.04. The molecule has 1 aliphatic heterocycles. The molecule has 1 aliphatic rings. The molecule has 4 rings (SSSR count). The summed E-state index contributed by atoms with van der Waals surface area (Å²) in [5.74, 6) is 2.06. The minimum absolute atomic E-state index is 0.0403. The highest BCUT2D eigenvalue weighted by Gasteiger charge is 2.23. The van der Waals surface area contributed by atoms with Crippen molar-refractivity contribution in [3.63, 3.8) is 0 Å². The van der Waals surface area contributed by atoms with Gasteiger partial charge in [0.15, 0.2) is 0 Å². The fourth-order valence-corrected chi connectivity index (χ4v) is 2.37. The summed E-state index contributed by atoms with van der Waals surface area (Å²) in [7, 11) is 0. The van der Waals surface area contributed by atoms with Gasteiger partial charge in [-0.3, -0.25) is 5.32 Å². The Morgan fingerprint density at radius 3 is 2.95 bits per heavy atom. The molecule has 21 heavy (non-hydrogen) atoms. The Labute approximate surface area is 119 Å². The summed E-state index contributed by atoms with van der Waals surface area (Å²) >= 11 is 0. The van der Waals surface area contributed by atoms with Crippen LogP contribution in [0.1, 0.15) is 11.8 Å². The van der Waals surface area contributed by atoms with Crippen molar-refractivity contribution in [1.82, 2.24) is 35.2 Å². The van der Waals surface area contributed by atoms with Gasteiger partial charge in [-0.25, -0.2) is 4.98 Å². The van der Waals surface area contributed by atoms with E-state index in [9.17, 15) is 0 Å². The number of anilines is 1. The van der Waals surface area contributed by atoms with Gasteiger partial charge >= 0.3 is 0 Å². The van der Waals surface area contributed by atoms with Crippen LogP contribution in [0.25, 0.3) is 5.78 Å². The summed E-state index contributed by atoms with van der Waals surface area (Å²) in [6.07, 6.45) is 4.64. The number of fused-ring (bicyclic) bond motifs is 1. The predicted octanol–water partition coefficient (Wildman–Crippen LogP) is -0.216. The molecule has 4 heterocycles. The van der Waals surface area contributed by atoms with Gasteiger partial charge in [-0.1, -0.05) is 0 Å². The average Bonchev–Trinajstić information content (AvgIpc) is 3.20. The molecule has 1 fully saturated rings. The van der Waals surface area contributed by atoms with Gasteiger partial charge in [-0.15, -0.1) is 0 Å². The van der Waals surface area contributed by atoms with Crippen LogP contribution in [0.5, 0.6) is 0 Å². The monoisotopic (exact) mass is 286 g/mol. The highest BCUT2D eigenvalue weighted by atomic mass is 16.3. The zero-order valence-electron chi connectivity index (χ0n) is 11.1. The lowest BCUT2D eigenvalue weighted by Crippen LogP contribution is -2.53. The lowest BCUT2D eigenvalue weighted by atomic mass is 10.1. The topological polar surface area (TPSA) is 105 Å². The fourth-order valence-electron chi connectivity index (χ4n) is 2.37. The van der Waals surface area contributed by atoms with Gasteiger partial charge in [0.1, 0.15) is 18.4 Å². The standard InChI is InChI=1S/C12H14N8O/c1-2-9(21-3-1)8-4-14-10(5-13-8)19-12-16-6-15-11-17-7-18-20(11)12/h1-3,6-8,10,13-14H,4-5H2,(H,15,16,17,18,19). The third kappa shape index (κ3) is 2.32. The van der Waals surface area contributed by atoms with E-state index in [1.807, 2.05) is 12.1 Å². The Morgan fingerprint density at radius 2 is 2.14 bits per heavy atom. The molecule has 2 atom stereocenters. The lowest BCUT2D eigenvalue weighted by molar-refractivity contribution is 0.327. The molecule has 9 nitrogen and oxygen atoms in total. The molecular weight excluding hydrogens is 272 g/mol. The number of furan rings is 1. The second kappa shape index (κ2) is 5.11. The zero-order chi connectivity index (χ0) is 14.1. The quantitative estimate of drug-likeness (QED) is 0.607. The first-order chi connectivity index (χ1) is 10.4. The van der Waals surface area contributed by atoms with E-state index in [2.05, 4.69) is 36.0 Å². The lowest BCUT2D eigenvalue weighted by Gasteiger charge is -2.30. The van der Waals surface area contributed by atoms with Crippen molar-refractivity contribution in [3.8, 4) is 0 Å². The molecule has 0 aliphatic carbocycles. The van der Waals surface area contributed by atoms with Crippen LogP contribution in [-0.2, 0) is 0 Å². The maximum atomic E-state index is 5.41. The second-order valence-electron chi connectivity index (χ2n) is 4.75. The number of piperazine rings is 1. The molecule has 3 N–H and O–H groups in total. The van der Waals surface area contributed by atoms with Crippen molar-refractivity contribution in [2.45, 2.75) is 12.2 Å². The third-order valence-corrected chi connectivity index (χ3v) is 3.41. The van der Waals surface area contributed by atoms with Gasteiger partial charge in [0.05, 0.1) is 18.5 Å². The largest absolute Gasteiger partial charge is 0.468 e. The number of hydrogen-bond donors (Lipinski definition) is 3. The van der Waals surface area contributed by atoms with Gasteiger partial charge in [0.25, 0.3) is 5.78 Å². The smallest absolute Gasteiger partial charge is 0.256 e. The molecule has 0 bridgehead atoms. The van der Waals surface area contributed by atoms with E-state index in [1.165, 1.54) is 12.7 Å². The number of rotatable bonds is 3. The molecule has 0 aromatic carbocycles. The zero-order valence-corrected chi connectivity index (χ0v) is 11.1. The van der Waals surface area contributed by atoms with Crippen LogP contribution in [0.4, 0.5) is 5.95 Å². The summed E-state index contributed by atoms with van der Waals surface area (Å²) in [4.78, 5) is 12.3. The number of nitrogens with one attached hydrogen (secondary N) is 3. The van der Waals surface area contributed by atoms with Crippen LogP contribution >= 0.6 is 0 Å². The van der Waals surface area contributed by atoms with Gasteiger partial charge < -0.3 is 15.1 Å². The Morgan fingerprint density at radius 1 is 1.19 bits per heavy atom. The highest BCUT2D eigenvalue weighted by Crippen LogP contribution is 2.15. The third-order valence-electron chi connectivity index (χ3n) is 3.41. The molecule has 0 amide bonds. The SMILES string of the molecule is c1coc(C2CNC(Nc3ncnc4ncnn34)CN2)c1. The molecule has 0 radical (unpaired) electrons. The van der Waals surface area contributed by atoms with E-state index in [0.717, 1.165) is 18.8 Å². The summed E-state index contributed by atoms with van der Waals surface area (Å²) in [5.41, 5.74) is 0. The molecule has 108 valence electrons. The minimum atomic E-state index is 0.0403. The summed E-state index contributed by atoms with van der Waals surface area (Å²) < 4.78 is 6.98. The van der Waals surface area contributed by atoms with E-state index in [4.69, 9.17) is 4.42 Å². The molecule has 3 aromatic rings. The Kier molecular flexibility index (Phi) is 2.98. The average molecular weight is 286 g/mol. The fraction of sp³-hybridized carbons (Fsp3) is 0.333. The van der Waals surface area contributed by atoms with Crippen LogP contribution < -0.4 is 16.0 Å². The van der Waals surface area contributed by atoms with Crippen molar-refractivity contribution in [3.05, 3.63) is 36.8 Å². The van der Waals surface area contributed by atoms with Crippen molar-refractivity contribution in [2.24, 2.45) is 0 Å².